The maximum absolute atomic E-state index is 13.1. The predicted molar refractivity (Wildman–Crippen MR) is 112 cm³/mol. The number of carbonyl (C=O) groups is 1. The van der Waals surface area contributed by atoms with Crippen LogP contribution in [0.4, 0.5) is 0 Å². The molecule has 1 aromatic heterocycles. The Morgan fingerprint density at radius 2 is 1.89 bits per heavy atom. The Balaban J connectivity index is 1.76. The van der Waals surface area contributed by atoms with Gasteiger partial charge in [-0.25, -0.2) is 0 Å². The molecule has 0 bridgehead atoms. The number of hydrogen-bond donors (Lipinski definition) is 0. The number of ether oxygens (including phenoxy) is 1. The summed E-state index contributed by atoms with van der Waals surface area (Å²) in [6.45, 7) is 6.07. The number of nitrogens with zero attached hydrogens (tertiary/aromatic N) is 2. The van der Waals surface area contributed by atoms with Crippen molar-refractivity contribution in [2.45, 2.75) is 32.8 Å². The van der Waals surface area contributed by atoms with Gasteiger partial charge in [-0.15, -0.1) is 0 Å². The van der Waals surface area contributed by atoms with Gasteiger partial charge < -0.3 is 9.64 Å². The molecule has 0 N–H and O–H groups in total. The average molecular weight is 374 g/mol. The van der Waals surface area contributed by atoms with Crippen molar-refractivity contribution in [1.82, 2.24) is 9.88 Å². The first-order chi connectivity index (χ1) is 13.7. The van der Waals surface area contributed by atoms with Gasteiger partial charge in [-0.1, -0.05) is 55.5 Å². The number of rotatable bonds is 4. The van der Waals surface area contributed by atoms with Crippen LogP contribution in [0, 0.1) is 6.92 Å². The third kappa shape index (κ3) is 3.65. The number of para-hydroxylation sites is 1. The highest BCUT2D eigenvalue weighted by Crippen LogP contribution is 2.33. The van der Waals surface area contributed by atoms with Gasteiger partial charge in [-0.3, -0.25) is 9.78 Å². The molecular weight excluding hydrogens is 348 g/mol. The van der Waals surface area contributed by atoms with Gasteiger partial charge in [0.2, 0.25) is 5.91 Å². The molecule has 0 spiro atoms. The molecule has 1 amide bonds. The molecule has 1 aliphatic rings. The molecule has 1 unspecified atom stereocenters. The normalized spacial score (nSPS) is 17.1. The van der Waals surface area contributed by atoms with Crippen LogP contribution in [0.15, 0.2) is 54.6 Å². The van der Waals surface area contributed by atoms with E-state index in [2.05, 4.69) is 25.1 Å². The number of morpholine rings is 1. The average Bonchev–Trinajstić information content (AvgIpc) is 2.74. The molecule has 0 aliphatic carbocycles. The van der Waals surface area contributed by atoms with Gasteiger partial charge in [-0.2, -0.15) is 0 Å². The van der Waals surface area contributed by atoms with E-state index >= 15 is 0 Å². The highest BCUT2D eigenvalue weighted by atomic mass is 16.5. The van der Waals surface area contributed by atoms with Gasteiger partial charge in [0, 0.05) is 24.2 Å². The molecule has 1 atom stereocenters. The fourth-order valence-electron chi connectivity index (χ4n) is 3.98. The highest BCUT2D eigenvalue weighted by Gasteiger charge is 2.25. The van der Waals surface area contributed by atoms with E-state index in [1.165, 1.54) is 0 Å². The number of carbonyl (C=O) groups excluding carboxylic acids is 1. The number of pyridine rings is 1. The topological polar surface area (TPSA) is 42.4 Å². The number of fused-ring (bicyclic) bond motifs is 1. The Kier molecular flexibility index (Phi) is 5.40. The van der Waals surface area contributed by atoms with Crippen LogP contribution in [0.1, 0.15) is 24.6 Å². The van der Waals surface area contributed by atoms with Gasteiger partial charge in [-0.05, 0) is 36.1 Å². The summed E-state index contributed by atoms with van der Waals surface area (Å²) in [6, 6.07) is 18.5. The van der Waals surface area contributed by atoms with Crippen molar-refractivity contribution in [3.05, 3.63) is 65.9 Å². The van der Waals surface area contributed by atoms with Gasteiger partial charge in [0.25, 0.3) is 0 Å². The van der Waals surface area contributed by atoms with Crippen LogP contribution in [0.3, 0.4) is 0 Å². The number of aryl methyl sites for hydroxylation is 1. The molecule has 0 saturated carbocycles. The van der Waals surface area contributed by atoms with Gasteiger partial charge in [0.05, 0.1) is 24.6 Å². The first-order valence-corrected chi connectivity index (χ1v) is 10.0. The number of hydrogen-bond acceptors (Lipinski definition) is 3. The molecule has 4 rings (SSSR count). The fourth-order valence-corrected chi connectivity index (χ4v) is 3.98. The number of aromatic nitrogens is 1. The Morgan fingerprint density at radius 3 is 2.68 bits per heavy atom. The molecule has 1 aliphatic heterocycles. The van der Waals surface area contributed by atoms with Crippen molar-refractivity contribution in [2.24, 2.45) is 0 Å². The third-order valence-electron chi connectivity index (χ3n) is 5.54. The van der Waals surface area contributed by atoms with E-state index in [4.69, 9.17) is 9.72 Å². The summed E-state index contributed by atoms with van der Waals surface area (Å²) < 4.78 is 5.73. The second-order valence-electron chi connectivity index (χ2n) is 7.35. The minimum atomic E-state index is 0.141. The van der Waals surface area contributed by atoms with Gasteiger partial charge >= 0.3 is 0 Å². The maximum atomic E-state index is 13.1. The minimum absolute atomic E-state index is 0.141. The first-order valence-electron chi connectivity index (χ1n) is 10.0. The van der Waals surface area contributed by atoms with E-state index in [1.807, 2.05) is 48.2 Å². The Labute approximate surface area is 166 Å². The Bertz CT molecular complexity index is 985. The largest absolute Gasteiger partial charge is 0.375 e. The molecule has 144 valence electrons. The van der Waals surface area contributed by atoms with Crippen LogP contribution in [0.25, 0.3) is 22.0 Å². The second kappa shape index (κ2) is 8.11. The molecule has 0 radical (unpaired) electrons. The molecule has 1 saturated heterocycles. The predicted octanol–water partition coefficient (Wildman–Crippen LogP) is 4.39. The van der Waals surface area contributed by atoms with Crippen LogP contribution in [0.2, 0.25) is 0 Å². The van der Waals surface area contributed by atoms with Crippen LogP contribution in [0.5, 0.6) is 0 Å². The van der Waals surface area contributed by atoms with Crippen molar-refractivity contribution in [3.8, 4) is 11.1 Å². The Hall–Kier alpha value is -2.72. The van der Waals surface area contributed by atoms with E-state index < -0.39 is 0 Å². The Morgan fingerprint density at radius 1 is 1.14 bits per heavy atom. The molecule has 2 heterocycles. The summed E-state index contributed by atoms with van der Waals surface area (Å²) in [6.07, 6.45) is 1.43. The highest BCUT2D eigenvalue weighted by molar-refractivity contribution is 5.98. The lowest BCUT2D eigenvalue weighted by Gasteiger charge is -2.33. The minimum Gasteiger partial charge on any atom is -0.375 e. The summed E-state index contributed by atoms with van der Waals surface area (Å²) in [4.78, 5) is 19.9. The third-order valence-corrected chi connectivity index (χ3v) is 5.54. The SMILES string of the molecule is CCC1CN(C(=O)Cc2c(C)nc3ccccc3c2-c2ccccc2)CCO1. The van der Waals surface area contributed by atoms with Crippen molar-refractivity contribution in [3.63, 3.8) is 0 Å². The second-order valence-corrected chi connectivity index (χ2v) is 7.35. The summed E-state index contributed by atoms with van der Waals surface area (Å²) in [5.74, 6) is 0.152. The summed E-state index contributed by atoms with van der Waals surface area (Å²) in [5, 5.41) is 1.09. The molecular formula is C24H26N2O2. The number of amides is 1. The zero-order valence-electron chi connectivity index (χ0n) is 16.5. The summed E-state index contributed by atoms with van der Waals surface area (Å²) in [7, 11) is 0. The maximum Gasteiger partial charge on any atom is 0.227 e. The van der Waals surface area contributed by atoms with Gasteiger partial charge in [0.1, 0.15) is 0 Å². The quantitative estimate of drug-likeness (QED) is 0.680. The molecule has 4 nitrogen and oxygen atoms in total. The van der Waals surface area contributed by atoms with Gasteiger partial charge in [0.15, 0.2) is 0 Å². The zero-order chi connectivity index (χ0) is 19.5. The van der Waals surface area contributed by atoms with Crippen molar-refractivity contribution >= 4 is 16.8 Å². The van der Waals surface area contributed by atoms with Crippen LogP contribution >= 0.6 is 0 Å². The van der Waals surface area contributed by atoms with Crippen molar-refractivity contribution in [1.29, 1.82) is 0 Å². The summed E-state index contributed by atoms with van der Waals surface area (Å²) >= 11 is 0. The lowest BCUT2D eigenvalue weighted by molar-refractivity contribution is -0.138. The zero-order valence-corrected chi connectivity index (χ0v) is 16.5. The van der Waals surface area contributed by atoms with E-state index in [1.54, 1.807) is 0 Å². The molecule has 4 heteroatoms. The lowest BCUT2D eigenvalue weighted by atomic mass is 9.92. The smallest absolute Gasteiger partial charge is 0.227 e. The van der Waals surface area contributed by atoms with Crippen molar-refractivity contribution < 1.29 is 9.53 Å². The van der Waals surface area contributed by atoms with E-state index in [0.717, 1.165) is 39.7 Å². The van der Waals surface area contributed by atoms with E-state index in [0.29, 0.717) is 26.1 Å². The van der Waals surface area contributed by atoms with Crippen LogP contribution in [-0.4, -0.2) is 41.6 Å². The van der Waals surface area contributed by atoms with Crippen LogP contribution in [-0.2, 0) is 16.0 Å². The van der Waals surface area contributed by atoms with Crippen molar-refractivity contribution in [2.75, 3.05) is 19.7 Å². The first kappa shape index (κ1) is 18.6. The monoisotopic (exact) mass is 374 g/mol. The molecule has 1 fully saturated rings. The standard InChI is InChI=1S/C24H26N2O2/c1-3-19-16-26(13-14-28-19)23(27)15-21-17(2)25-22-12-8-7-11-20(22)24(21)18-9-5-4-6-10-18/h4-12,19H,3,13-16H2,1-2H3. The van der Waals surface area contributed by atoms with Crippen LogP contribution < -0.4 is 0 Å². The molecule has 2 aromatic carbocycles. The van der Waals surface area contributed by atoms with E-state index in [9.17, 15) is 4.79 Å². The fraction of sp³-hybridized carbons (Fsp3) is 0.333. The molecule has 28 heavy (non-hydrogen) atoms. The van der Waals surface area contributed by atoms with E-state index in [-0.39, 0.29) is 12.0 Å². The molecule has 3 aromatic rings. The number of benzene rings is 2. The summed E-state index contributed by atoms with van der Waals surface area (Å²) in [5.41, 5.74) is 5.16. The lowest BCUT2D eigenvalue weighted by Crippen LogP contribution is -2.46.